The third-order valence-electron chi connectivity index (χ3n) is 5.69. The van der Waals surface area contributed by atoms with Gasteiger partial charge in [0.15, 0.2) is 22.7 Å². The molecule has 2 heterocycles. The van der Waals surface area contributed by atoms with Crippen molar-refractivity contribution >= 4 is 33.8 Å². The Morgan fingerprint density at radius 2 is 1.08 bits per heavy atom. The van der Waals surface area contributed by atoms with Crippen LogP contribution in [0.25, 0.3) is 21.9 Å². The molecule has 4 aromatic rings. The number of aromatic hydroxyl groups is 4. The number of phenolic OH excluding ortho intramolecular Hbond substituents is 4. The molecule has 8 N–H and O–H groups in total. The summed E-state index contributed by atoms with van der Waals surface area (Å²) >= 11 is 0. The molecule has 192 valence electrons. The predicted molar refractivity (Wildman–Crippen MR) is 129 cm³/mol. The summed E-state index contributed by atoms with van der Waals surface area (Å²) in [6, 6.07) is 8.23. The van der Waals surface area contributed by atoms with Crippen LogP contribution in [0.1, 0.15) is 40.0 Å². The van der Waals surface area contributed by atoms with Crippen molar-refractivity contribution in [2.45, 2.75) is 19.3 Å². The Bertz CT molecular complexity index is 1520. The number of rotatable bonds is 8. The standard InChI is InChI=1S/C25H24N4O8/c26-22-14(10-12-4-6-16(30)18(32)20(12)36-22)24(34)28-8-2-1-3-9-29-25(35)15-11-13-5-7-17(31)19(33)21(13)37-23(15)27/h4-7,10-11,26-27,30-33H,1-3,8-9H2,(H,28,34)(H,29,35). The molecule has 4 rings (SSSR count). The SMILES string of the molecule is N=c1oc2c(O)c(O)ccc2cc1C(=O)NCCCCCNC(=O)c1cc2ccc(O)c(O)c2oc1=N. The fourth-order valence-corrected chi connectivity index (χ4v) is 3.71. The van der Waals surface area contributed by atoms with E-state index in [2.05, 4.69) is 10.6 Å². The number of unbranched alkanes of at least 4 members (excludes halogenated alkanes) is 2. The first-order valence-corrected chi connectivity index (χ1v) is 11.3. The number of fused-ring (bicyclic) bond motifs is 2. The van der Waals surface area contributed by atoms with Gasteiger partial charge in [0.05, 0.1) is 0 Å². The molecule has 0 fully saturated rings. The molecule has 0 spiro atoms. The van der Waals surface area contributed by atoms with Crippen molar-refractivity contribution in [2.24, 2.45) is 0 Å². The van der Waals surface area contributed by atoms with E-state index in [0.717, 1.165) is 0 Å². The maximum atomic E-state index is 12.4. The molecule has 37 heavy (non-hydrogen) atoms. The van der Waals surface area contributed by atoms with Gasteiger partial charge in [-0.1, -0.05) is 0 Å². The Morgan fingerprint density at radius 3 is 1.49 bits per heavy atom. The van der Waals surface area contributed by atoms with Crippen LogP contribution in [0, 0.1) is 10.8 Å². The second-order valence-corrected chi connectivity index (χ2v) is 8.25. The van der Waals surface area contributed by atoms with E-state index in [1.54, 1.807) is 0 Å². The Morgan fingerprint density at radius 1 is 0.676 bits per heavy atom. The molecule has 0 aliphatic carbocycles. The molecule has 0 unspecified atom stereocenters. The van der Waals surface area contributed by atoms with Gasteiger partial charge in [-0.05, 0) is 55.7 Å². The lowest BCUT2D eigenvalue weighted by Gasteiger charge is -2.08. The van der Waals surface area contributed by atoms with E-state index in [1.165, 1.54) is 36.4 Å². The minimum absolute atomic E-state index is 0.0135. The summed E-state index contributed by atoms with van der Waals surface area (Å²) in [7, 11) is 0. The molecule has 0 bridgehead atoms. The number of amides is 2. The van der Waals surface area contributed by atoms with E-state index in [4.69, 9.17) is 19.7 Å². The average Bonchev–Trinajstić information content (AvgIpc) is 2.87. The maximum absolute atomic E-state index is 12.4. The lowest BCUT2D eigenvalue weighted by atomic mass is 10.1. The summed E-state index contributed by atoms with van der Waals surface area (Å²) in [5.41, 5.74) is -1.10. The number of carbonyl (C=O) groups excluding carboxylic acids is 2. The topological polar surface area (TPSA) is 213 Å². The highest BCUT2D eigenvalue weighted by molar-refractivity contribution is 5.98. The highest BCUT2D eigenvalue weighted by atomic mass is 16.4. The first-order chi connectivity index (χ1) is 17.7. The monoisotopic (exact) mass is 508 g/mol. The minimum Gasteiger partial charge on any atom is -0.504 e. The molecule has 0 saturated heterocycles. The van der Waals surface area contributed by atoms with Crippen LogP contribution in [-0.2, 0) is 0 Å². The molecule has 2 aromatic heterocycles. The summed E-state index contributed by atoms with van der Waals surface area (Å²) in [5, 5.41) is 60.7. The zero-order valence-corrected chi connectivity index (χ0v) is 19.4. The van der Waals surface area contributed by atoms with E-state index < -0.39 is 45.9 Å². The van der Waals surface area contributed by atoms with Crippen LogP contribution in [-0.4, -0.2) is 45.3 Å². The first-order valence-electron chi connectivity index (χ1n) is 11.3. The van der Waals surface area contributed by atoms with E-state index in [9.17, 15) is 30.0 Å². The second-order valence-electron chi connectivity index (χ2n) is 8.25. The average molecular weight is 508 g/mol. The van der Waals surface area contributed by atoms with Gasteiger partial charge in [0.25, 0.3) is 11.8 Å². The van der Waals surface area contributed by atoms with Crippen molar-refractivity contribution in [3.8, 4) is 23.0 Å². The van der Waals surface area contributed by atoms with Crippen LogP contribution in [0.2, 0.25) is 0 Å². The van der Waals surface area contributed by atoms with Crippen LogP contribution in [0.4, 0.5) is 0 Å². The maximum Gasteiger partial charge on any atom is 0.256 e. The summed E-state index contributed by atoms with van der Waals surface area (Å²) in [5.74, 6) is -2.81. The summed E-state index contributed by atoms with van der Waals surface area (Å²) < 4.78 is 10.4. The van der Waals surface area contributed by atoms with Crippen molar-refractivity contribution in [2.75, 3.05) is 13.1 Å². The number of hydrogen-bond acceptors (Lipinski definition) is 10. The van der Waals surface area contributed by atoms with Crippen LogP contribution in [0.15, 0.2) is 45.2 Å². The Kier molecular flexibility index (Phi) is 7.00. The Hall–Kier alpha value is -5.00. The molecule has 0 aliphatic heterocycles. The molecule has 2 amide bonds. The van der Waals surface area contributed by atoms with Crippen molar-refractivity contribution in [1.82, 2.24) is 10.6 Å². The number of nitrogens with one attached hydrogen (secondary N) is 4. The molecule has 12 heteroatoms. The van der Waals surface area contributed by atoms with Gasteiger partial charge in [0.1, 0.15) is 11.1 Å². The minimum atomic E-state index is -0.515. The normalized spacial score (nSPS) is 11.0. The van der Waals surface area contributed by atoms with Crippen molar-refractivity contribution in [3.63, 3.8) is 0 Å². The largest absolute Gasteiger partial charge is 0.504 e. The number of hydrogen-bond donors (Lipinski definition) is 8. The number of benzene rings is 2. The molecule has 2 aromatic carbocycles. The number of carbonyl (C=O) groups is 2. The van der Waals surface area contributed by atoms with Crippen LogP contribution >= 0.6 is 0 Å². The van der Waals surface area contributed by atoms with Crippen molar-refractivity contribution < 1.29 is 38.8 Å². The highest BCUT2D eigenvalue weighted by Crippen LogP contribution is 2.33. The zero-order chi connectivity index (χ0) is 26.7. The first kappa shape index (κ1) is 25.1. The van der Waals surface area contributed by atoms with Gasteiger partial charge in [-0.15, -0.1) is 0 Å². The summed E-state index contributed by atoms with van der Waals surface area (Å²) in [4.78, 5) is 24.9. The van der Waals surface area contributed by atoms with Gasteiger partial charge in [-0.2, -0.15) is 0 Å². The van der Waals surface area contributed by atoms with Crippen molar-refractivity contribution in [3.05, 3.63) is 58.6 Å². The lowest BCUT2D eigenvalue weighted by molar-refractivity contribution is 0.0943. The number of phenols is 4. The summed E-state index contributed by atoms with van der Waals surface area (Å²) in [6.45, 7) is 0.643. The molecular weight excluding hydrogens is 484 g/mol. The Balaban J connectivity index is 1.24. The van der Waals surface area contributed by atoms with E-state index in [0.29, 0.717) is 43.1 Å². The third-order valence-corrected chi connectivity index (χ3v) is 5.69. The van der Waals surface area contributed by atoms with Gasteiger partial charge in [0, 0.05) is 23.9 Å². The molecule has 0 radical (unpaired) electrons. The van der Waals surface area contributed by atoms with Gasteiger partial charge < -0.3 is 39.9 Å². The van der Waals surface area contributed by atoms with E-state index in [1.807, 2.05) is 0 Å². The lowest BCUT2D eigenvalue weighted by Crippen LogP contribution is -2.30. The molecule has 0 aliphatic rings. The second kappa shape index (κ2) is 10.3. The van der Waals surface area contributed by atoms with Crippen LogP contribution in [0.5, 0.6) is 23.0 Å². The van der Waals surface area contributed by atoms with Crippen LogP contribution < -0.4 is 21.7 Å². The van der Waals surface area contributed by atoms with E-state index in [-0.39, 0.29) is 22.3 Å². The van der Waals surface area contributed by atoms with Gasteiger partial charge in [-0.3, -0.25) is 20.4 Å². The van der Waals surface area contributed by atoms with E-state index >= 15 is 0 Å². The summed E-state index contributed by atoms with van der Waals surface area (Å²) in [6.07, 6.45) is 1.88. The van der Waals surface area contributed by atoms with Crippen LogP contribution in [0.3, 0.4) is 0 Å². The quantitative estimate of drug-likeness (QED) is 0.130. The molecule has 0 atom stereocenters. The molecule has 0 saturated carbocycles. The zero-order valence-electron chi connectivity index (χ0n) is 19.4. The fourth-order valence-electron chi connectivity index (χ4n) is 3.71. The van der Waals surface area contributed by atoms with Gasteiger partial charge >= 0.3 is 0 Å². The third kappa shape index (κ3) is 5.17. The van der Waals surface area contributed by atoms with Gasteiger partial charge in [-0.25, -0.2) is 0 Å². The molecule has 12 nitrogen and oxygen atoms in total. The molecular formula is C25H24N4O8. The highest BCUT2D eigenvalue weighted by Gasteiger charge is 2.16. The predicted octanol–water partition coefficient (Wildman–Crippen LogP) is 2.29. The Labute approximate surface area is 208 Å². The van der Waals surface area contributed by atoms with Gasteiger partial charge in [0.2, 0.25) is 22.6 Å². The fraction of sp³-hybridized carbons (Fsp3) is 0.200. The smallest absolute Gasteiger partial charge is 0.256 e. The van der Waals surface area contributed by atoms with Crippen molar-refractivity contribution in [1.29, 1.82) is 10.8 Å².